The lowest BCUT2D eigenvalue weighted by Gasteiger charge is -2.30. The first-order chi connectivity index (χ1) is 13.1. The minimum Gasteiger partial charge on any atom is -0.352 e. The minimum atomic E-state index is -3.76. The van der Waals surface area contributed by atoms with Crippen molar-refractivity contribution in [3.8, 4) is 0 Å². The van der Waals surface area contributed by atoms with Crippen molar-refractivity contribution in [2.24, 2.45) is 0 Å². The highest BCUT2D eigenvalue weighted by molar-refractivity contribution is 7.92. The number of carbonyl (C=O) groups is 1. The van der Waals surface area contributed by atoms with Gasteiger partial charge < -0.3 is 5.32 Å². The first-order valence-electron chi connectivity index (χ1n) is 8.88. The monoisotopic (exact) mass is 442 g/mol. The van der Waals surface area contributed by atoms with Crippen LogP contribution < -0.4 is 9.62 Å². The predicted molar refractivity (Wildman–Crippen MR) is 116 cm³/mol. The topological polar surface area (TPSA) is 66.5 Å². The molecule has 152 valence electrons. The molecule has 5 nitrogen and oxygen atoms in total. The fourth-order valence-corrected chi connectivity index (χ4v) is 4.50. The van der Waals surface area contributed by atoms with E-state index in [2.05, 4.69) is 5.32 Å². The molecule has 8 heteroatoms. The van der Waals surface area contributed by atoms with Crippen LogP contribution in [0.15, 0.2) is 48.5 Å². The van der Waals surface area contributed by atoms with Crippen LogP contribution in [0.2, 0.25) is 10.0 Å². The van der Waals surface area contributed by atoms with E-state index < -0.39 is 22.0 Å². The van der Waals surface area contributed by atoms with Crippen molar-refractivity contribution in [2.45, 2.75) is 38.8 Å². The Balaban J connectivity index is 2.12. The molecule has 28 heavy (non-hydrogen) atoms. The van der Waals surface area contributed by atoms with Crippen LogP contribution in [-0.2, 0) is 21.2 Å². The molecular weight excluding hydrogens is 419 g/mol. The Morgan fingerprint density at radius 1 is 1.11 bits per heavy atom. The van der Waals surface area contributed by atoms with Crippen LogP contribution in [0.1, 0.15) is 25.8 Å². The lowest BCUT2D eigenvalue weighted by Crippen LogP contribution is -2.50. The average Bonchev–Trinajstić information content (AvgIpc) is 2.62. The molecule has 0 aliphatic carbocycles. The molecule has 0 saturated heterocycles. The summed E-state index contributed by atoms with van der Waals surface area (Å²) in [6.07, 6.45) is 2.58. The summed E-state index contributed by atoms with van der Waals surface area (Å²) in [6.45, 7) is 3.42. The van der Waals surface area contributed by atoms with E-state index in [4.69, 9.17) is 23.2 Å². The van der Waals surface area contributed by atoms with Crippen molar-refractivity contribution in [1.82, 2.24) is 5.32 Å². The van der Waals surface area contributed by atoms with Crippen molar-refractivity contribution in [3.05, 3.63) is 64.1 Å². The van der Waals surface area contributed by atoms with Gasteiger partial charge in [-0.15, -0.1) is 0 Å². The van der Waals surface area contributed by atoms with Gasteiger partial charge in [-0.3, -0.25) is 9.10 Å². The molecule has 2 aromatic carbocycles. The average molecular weight is 443 g/mol. The zero-order valence-corrected chi connectivity index (χ0v) is 18.4. The Labute approximate surface area is 176 Å². The number of amides is 1. The van der Waals surface area contributed by atoms with Gasteiger partial charge in [-0.25, -0.2) is 8.42 Å². The molecule has 0 spiro atoms. The molecule has 0 saturated carbocycles. The molecule has 0 aromatic heterocycles. The van der Waals surface area contributed by atoms with E-state index in [-0.39, 0.29) is 16.8 Å². The molecule has 0 radical (unpaired) electrons. The second-order valence-corrected chi connectivity index (χ2v) is 9.47. The van der Waals surface area contributed by atoms with E-state index in [1.807, 2.05) is 37.3 Å². The maximum atomic E-state index is 12.7. The second-order valence-electron chi connectivity index (χ2n) is 6.76. The maximum Gasteiger partial charge on any atom is 0.243 e. The lowest BCUT2D eigenvalue weighted by atomic mass is 10.1. The van der Waals surface area contributed by atoms with Crippen molar-refractivity contribution in [2.75, 3.05) is 10.6 Å². The number of carbonyl (C=O) groups excluding carboxylic acids is 1. The number of hydrogen-bond acceptors (Lipinski definition) is 3. The zero-order valence-electron chi connectivity index (χ0n) is 16.0. The van der Waals surface area contributed by atoms with E-state index in [0.29, 0.717) is 5.02 Å². The van der Waals surface area contributed by atoms with E-state index in [0.717, 1.165) is 23.4 Å². The quantitative estimate of drug-likeness (QED) is 0.662. The fraction of sp³-hybridized carbons (Fsp3) is 0.350. The van der Waals surface area contributed by atoms with Crippen LogP contribution in [0, 0.1) is 0 Å². The normalized spacial score (nSPS) is 13.6. The summed E-state index contributed by atoms with van der Waals surface area (Å²) < 4.78 is 25.8. The van der Waals surface area contributed by atoms with Crippen LogP contribution in [0.3, 0.4) is 0 Å². The zero-order chi connectivity index (χ0) is 20.9. The first kappa shape index (κ1) is 22.5. The Morgan fingerprint density at radius 2 is 1.75 bits per heavy atom. The third-order valence-electron chi connectivity index (χ3n) is 4.33. The van der Waals surface area contributed by atoms with Crippen LogP contribution >= 0.6 is 23.2 Å². The van der Waals surface area contributed by atoms with Crippen LogP contribution in [0.5, 0.6) is 0 Å². The van der Waals surface area contributed by atoms with E-state index >= 15 is 0 Å². The highest BCUT2D eigenvalue weighted by atomic mass is 35.5. The first-order valence-corrected chi connectivity index (χ1v) is 11.5. The number of sulfonamides is 1. The number of benzene rings is 2. The third-order valence-corrected chi connectivity index (χ3v) is 6.11. The minimum absolute atomic E-state index is 0.119. The highest BCUT2D eigenvalue weighted by Crippen LogP contribution is 2.32. The molecule has 0 aliphatic heterocycles. The SMILES string of the molecule is C[C@@H](CCc1ccccc1)NC(=O)[C@H](C)N(c1cc(Cl)ccc1Cl)S(C)(=O)=O. The molecule has 1 amide bonds. The van der Waals surface area contributed by atoms with Crippen LogP contribution in [0.25, 0.3) is 0 Å². The van der Waals surface area contributed by atoms with E-state index in [1.54, 1.807) is 6.07 Å². The number of hydrogen-bond donors (Lipinski definition) is 1. The number of anilines is 1. The Morgan fingerprint density at radius 3 is 2.36 bits per heavy atom. The molecule has 2 rings (SSSR count). The van der Waals surface area contributed by atoms with Gasteiger partial charge in [-0.1, -0.05) is 53.5 Å². The summed E-state index contributed by atoms with van der Waals surface area (Å²) in [5, 5.41) is 3.42. The molecule has 0 fully saturated rings. The molecule has 0 bridgehead atoms. The number of halogens is 2. The van der Waals surface area contributed by atoms with Gasteiger partial charge in [0, 0.05) is 11.1 Å². The van der Waals surface area contributed by atoms with Gasteiger partial charge in [-0.2, -0.15) is 0 Å². The third kappa shape index (κ3) is 6.12. The Hall–Kier alpha value is -1.76. The van der Waals surface area contributed by atoms with Gasteiger partial charge in [0.2, 0.25) is 15.9 Å². The lowest BCUT2D eigenvalue weighted by molar-refractivity contribution is -0.122. The smallest absolute Gasteiger partial charge is 0.243 e. The Bertz CT molecular complexity index is 920. The summed E-state index contributed by atoms with van der Waals surface area (Å²) in [6, 6.07) is 13.4. The van der Waals surface area contributed by atoms with Crippen molar-refractivity contribution in [3.63, 3.8) is 0 Å². The van der Waals surface area contributed by atoms with Gasteiger partial charge in [-0.05, 0) is 50.5 Å². The van der Waals surface area contributed by atoms with E-state index in [1.165, 1.54) is 24.6 Å². The Kier molecular flexibility index (Phi) is 7.75. The number of nitrogens with zero attached hydrogens (tertiary/aromatic N) is 1. The van der Waals surface area contributed by atoms with Gasteiger partial charge in [0.15, 0.2) is 0 Å². The fourth-order valence-electron chi connectivity index (χ4n) is 2.90. The number of aryl methyl sites for hydroxylation is 1. The highest BCUT2D eigenvalue weighted by Gasteiger charge is 2.31. The molecule has 0 unspecified atom stereocenters. The van der Waals surface area contributed by atoms with Crippen molar-refractivity contribution >= 4 is 44.8 Å². The molecule has 1 N–H and O–H groups in total. The molecule has 0 aliphatic rings. The predicted octanol–water partition coefficient (Wildman–Crippen LogP) is 4.29. The second kappa shape index (κ2) is 9.63. The largest absolute Gasteiger partial charge is 0.352 e. The molecule has 0 heterocycles. The van der Waals surface area contributed by atoms with Crippen molar-refractivity contribution in [1.29, 1.82) is 0 Å². The summed E-state index contributed by atoms with van der Waals surface area (Å²) in [4.78, 5) is 12.7. The molecule has 2 aromatic rings. The van der Waals surface area contributed by atoms with Gasteiger partial charge in [0.05, 0.1) is 17.0 Å². The summed E-state index contributed by atoms with van der Waals surface area (Å²) in [7, 11) is -3.76. The summed E-state index contributed by atoms with van der Waals surface area (Å²) in [5.74, 6) is -0.401. The summed E-state index contributed by atoms with van der Waals surface area (Å²) >= 11 is 12.2. The standard InChI is InChI=1S/C20H24Cl2N2O3S/c1-14(9-10-16-7-5-4-6-8-16)23-20(25)15(2)24(28(3,26)27)19-13-17(21)11-12-18(19)22/h4-8,11-15H,9-10H2,1-3H3,(H,23,25)/t14-,15-/m0/s1. The van der Waals surface area contributed by atoms with E-state index in [9.17, 15) is 13.2 Å². The van der Waals surface area contributed by atoms with Crippen LogP contribution in [-0.4, -0.2) is 32.7 Å². The van der Waals surface area contributed by atoms with Crippen LogP contribution in [0.4, 0.5) is 5.69 Å². The van der Waals surface area contributed by atoms with Crippen molar-refractivity contribution < 1.29 is 13.2 Å². The number of nitrogens with one attached hydrogen (secondary N) is 1. The van der Waals surface area contributed by atoms with Gasteiger partial charge in [0.25, 0.3) is 0 Å². The molecule has 2 atom stereocenters. The van der Waals surface area contributed by atoms with Gasteiger partial charge >= 0.3 is 0 Å². The number of rotatable bonds is 8. The maximum absolute atomic E-state index is 12.7. The molecular formula is C20H24Cl2N2O3S. The summed E-state index contributed by atoms with van der Waals surface area (Å²) in [5.41, 5.74) is 1.36. The van der Waals surface area contributed by atoms with Gasteiger partial charge in [0.1, 0.15) is 6.04 Å².